The van der Waals surface area contributed by atoms with Gasteiger partial charge in [-0.3, -0.25) is 4.98 Å². The van der Waals surface area contributed by atoms with E-state index in [2.05, 4.69) is 29.2 Å². The van der Waals surface area contributed by atoms with Gasteiger partial charge in [0, 0.05) is 28.4 Å². The van der Waals surface area contributed by atoms with Gasteiger partial charge in [-0.05, 0) is 37.0 Å². The summed E-state index contributed by atoms with van der Waals surface area (Å²) in [4.78, 5) is 10.4. The molecule has 98 valence electrons. The molecule has 0 atom stereocenters. The molecule has 2 nitrogen and oxygen atoms in total. The SMILES string of the molecule is c1ccc2c(c1)CCCc1sc(-c3ccncc3)nc1-2. The predicted molar refractivity (Wildman–Crippen MR) is 82.8 cm³/mol. The molecule has 0 radical (unpaired) electrons. The van der Waals surface area contributed by atoms with Crippen molar-refractivity contribution < 1.29 is 0 Å². The van der Waals surface area contributed by atoms with Gasteiger partial charge in [0.15, 0.2) is 0 Å². The molecule has 0 fully saturated rings. The van der Waals surface area contributed by atoms with E-state index < -0.39 is 0 Å². The lowest BCUT2D eigenvalue weighted by molar-refractivity contribution is 0.843. The molecule has 0 aliphatic heterocycles. The summed E-state index contributed by atoms with van der Waals surface area (Å²) in [6.45, 7) is 0. The minimum atomic E-state index is 1.11. The van der Waals surface area contributed by atoms with E-state index in [9.17, 15) is 0 Å². The van der Waals surface area contributed by atoms with Gasteiger partial charge in [0.2, 0.25) is 0 Å². The summed E-state index contributed by atoms with van der Waals surface area (Å²) in [7, 11) is 0. The van der Waals surface area contributed by atoms with Crippen molar-refractivity contribution in [1.29, 1.82) is 0 Å². The molecule has 2 aromatic heterocycles. The van der Waals surface area contributed by atoms with Crippen molar-refractivity contribution in [3.8, 4) is 21.8 Å². The maximum absolute atomic E-state index is 4.91. The number of hydrogen-bond acceptors (Lipinski definition) is 3. The molecule has 0 saturated carbocycles. The topological polar surface area (TPSA) is 25.8 Å². The molecule has 4 rings (SSSR count). The van der Waals surface area contributed by atoms with Gasteiger partial charge >= 0.3 is 0 Å². The Morgan fingerprint density at radius 2 is 1.80 bits per heavy atom. The third kappa shape index (κ3) is 1.95. The molecule has 0 saturated heterocycles. The van der Waals surface area contributed by atoms with E-state index in [4.69, 9.17) is 4.98 Å². The highest BCUT2D eigenvalue weighted by Crippen LogP contribution is 2.38. The van der Waals surface area contributed by atoms with Crippen LogP contribution in [0.4, 0.5) is 0 Å². The Morgan fingerprint density at radius 1 is 0.950 bits per heavy atom. The number of thiazole rings is 1. The van der Waals surface area contributed by atoms with Crippen LogP contribution in [0.2, 0.25) is 0 Å². The molecule has 0 amide bonds. The van der Waals surface area contributed by atoms with Crippen LogP contribution in [-0.4, -0.2) is 9.97 Å². The van der Waals surface area contributed by atoms with Gasteiger partial charge in [-0.15, -0.1) is 11.3 Å². The third-order valence-electron chi connectivity index (χ3n) is 3.75. The second-order valence-electron chi connectivity index (χ2n) is 5.04. The van der Waals surface area contributed by atoms with Gasteiger partial charge < -0.3 is 0 Å². The molecule has 2 heterocycles. The van der Waals surface area contributed by atoms with Crippen LogP contribution < -0.4 is 0 Å². The normalized spacial score (nSPS) is 13.4. The zero-order valence-electron chi connectivity index (χ0n) is 11.0. The maximum Gasteiger partial charge on any atom is 0.124 e. The number of fused-ring (bicyclic) bond motifs is 3. The second-order valence-corrected chi connectivity index (χ2v) is 6.12. The third-order valence-corrected chi connectivity index (χ3v) is 4.91. The average molecular weight is 278 g/mol. The van der Waals surface area contributed by atoms with Crippen molar-refractivity contribution in [3.63, 3.8) is 0 Å². The molecule has 0 bridgehead atoms. The maximum atomic E-state index is 4.91. The molecular weight excluding hydrogens is 264 g/mol. The number of nitrogens with zero attached hydrogens (tertiary/aromatic N) is 2. The first-order chi connectivity index (χ1) is 9.92. The average Bonchev–Trinajstić information content (AvgIpc) is 2.85. The Bertz CT molecular complexity index is 747. The quantitative estimate of drug-likeness (QED) is 0.661. The van der Waals surface area contributed by atoms with Gasteiger partial charge in [0.25, 0.3) is 0 Å². The summed E-state index contributed by atoms with van der Waals surface area (Å²) >= 11 is 1.83. The number of benzene rings is 1. The lowest BCUT2D eigenvalue weighted by Crippen LogP contribution is -1.87. The van der Waals surface area contributed by atoms with E-state index in [1.54, 1.807) is 0 Å². The molecule has 1 aliphatic rings. The lowest BCUT2D eigenvalue weighted by Gasteiger charge is -2.03. The number of aryl methyl sites for hydroxylation is 2. The van der Waals surface area contributed by atoms with Crippen LogP contribution in [0.1, 0.15) is 16.9 Å². The van der Waals surface area contributed by atoms with Crippen LogP contribution >= 0.6 is 11.3 Å². The van der Waals surface area contributed by atoms with Crippen molar-refractivity contribution >= 4 is 11.3 Å². The molecular formula is C17H14N2S. The van der Waals surface area contributed by atoms with Crippen LogP contribution in [0.3, 0.4) is 0 Å². The number of aromatic nitrogens is 2. The first-order valence-electron chi connectivity index (χ1n) is 6.90. The lowest BCUT2D eigenvalue weighted by atomic mass is 10.0. The van der Waals surface area contributed by atoms with Crippen LogP contribution in [0.15, 0.2) is 48.8 Å². The molecule has 1 aromatic carbocycles. The minimum absolute atomic E-state index is 1.11. The number of pyridine rings is 1. The fraction of sp³-hybridized carbons (Fsp3) is 0.176. The van der Waals surface area contributed by atoms with E-state index >= 15 is 0 Å². The minimum Gasteiger partial charge on any atom is -0.265 e. The van der Waals surface area contributed by atoms with Crippen molar-refractivity contribution in [1.82, 2.24) is 9.97 Å². The van der Waals surface area contributed by atoms with Gasteiger partial charge in [0.1, 0.15) is 5.01 Å². The Kier molecular flexibility index (Phi) is 2.85. The Balaban J connectivity index is 1.88. The van der Waals surface area contributed by atoms with Gasteiger partial charge in [0.05, 0.1) is 5.69 Å². The highest BCUT2D eigenvalue weighted by atomic mass is 32.1. The van der Waals surface area contributed by atoms with Crippen molar-refractivity contribution in [3.05, 3.63) is 59.2 Å². The molecule has 20 heavy (non-hydrogen) atoms. The van der Waals surface area contributed by atoms with Crippen LogP contribution in [-0.2, 0) is 12.8 Å². The van der Waals surface area contributed by atoms with E-state index in [0.717, 1.165) is 23.4 Å². The Labute approximate surface area is 122 Å². The summed E-state index contributed by atoms with van der Waals surface area (Å²) in [5.41, 5.74) is 5.10. The summed E-state index contributed by atoms with van der Waals surface area (Å²) in [5.74, 6) is 0. The first kappa shape index (κ1) is 11.8. The fourth-order valence-corrected chi connectivity index (χ4v) is 3.88. The predicted octanol–water partition coefficient (Wildman–Crippen LogP) is 4.36. The number of hydrogen-bond donors (Lipinski definition) is 0. The molecule has 0 unspecified atom stereocenters. The zero-order valence-corrected chi connectivity index (χ0v) is 11.9. The van der Waals surface area contributed by atoms with Crippen LogP contribution in [0.25, 0.3) is 21.8 Å². The summed E-state index contributed by atoms with van der Waals surface area (Å²) < 4.78 is 0. The summed E-state index contributed by atoms with van der Waals surface area (Å²) in [6.07, 6.45) is 7.16. The molecule has 3 heteroatoms. The fourth-order valence-electron chi connectivity index (χ4n) is 2.76. The first-order valence-corrected chi connectivity index (χ1v) is 7.72. The highest BCUT2D eigenvalue weighted by molar-refractivity contribution is 7.15. The van der Waals surface area contributed by atoms with Gasteiger partial charge in [-0.25, -0.2) is 4.98 Å². The highest BCUT2D eigenvalue weighted by Gasteiger charge is 2.19. The Hall–Kier alpha value is -2.00. The molecule has 1 aliphatic carbocycles. The standard InChI is InChI=1S/C17H14N2S/c1-2-6-14-12(4-1)5-3-7-15-16(14)19-17(20-15)13-8-10-18-11-9-13/h1-2,4,6,8-11H,3,5,7H2. The number of rotatable bonds is 1. The van der Waals surface area contributed by atoms with Gasteiger partial charge in [-0.1, -0.05) is 24.3 Å². The van der Waals surface area contributed by atoms with E-state index in [0.29, 0.717) is 0 Å². The van der Waals surface area contributed by atoms with Crippen molar-refractivity contribution in [2.75, 3.05) is 0 Å². The Morgan fingerprint density at radius 3 is 2.70 bits per heavy atom. The largest absolute Gasteiger partial charge is 0.265 e. The van der Waals surface area contributed by atoms with Crippen molar-refractivity contribution in [2.24, 2.45) is 0 Å². The van der Waals surface area contributed by atoms with E-state index in [1.807, 2.05) is 35.9 Å². The van der Waals surface area contributed by atoms with E-state index in [-0.39, 0.29) is 0 Å². The van der Waals surface area contributed by atoms with Crippen LogP contribution in [0.5, 0.6) is 0 Å². The second kappa shape index (κ2) is 4.84. The van der Waals surface area contributed by atoms with Gasteiger partial charge in [-0.2, -0.15) is 0 Å². The zero-order chi connectivity index (χ0) is 13.4. The summed E-state index contributed by atoms with van der Waals surface area (Å²) in [6, 6.07) is 12.7. The van der Waals surface area contributed by atoms with Crippen molar-refractivity contribution in [2.45, 2.75) is 19.3 Å². The summed E-state index contributed by atoms with van der Waals surface area (Å²) in [5, 5.41) is 1.11. The van der Waals surface area contributed by atoms with Crippen LogP contribution in [0, 0.1) is 0 Å². The molecule has 0 spiro atoms. The smallest absolute Gasteiger partial charge is 0.124 e. The van der Waals surface area contributed by atoms with E-state index in [1.165, 1.54) is 28.1 Å². The molecule has 3 aromatic rings. The molecule has 0 N–H and O–H groups in total. The monoisotopic (exact) mass is 278 g/mol.